The van der Waals surface area contributed by atoms with Gasteiger partial charge in [-0.05, 0) is 29.9 Å². The van der Waals surface area contributed by atoms with Gasteiger partial charge in [-0.2, -0.15) is 0 Å². The van der Waals surface area contributed by atoms with E-state index >= 15 is 0 Å². The third kappa shape index (κ3) is 3.84. The van der Waals surface area contributed by atoms with Crippen LogP contribution in [-0.2, 0) is 11.2 Å². The molecule has 0 saturated carbocycles. The first-order valence-electron chi connectivity index (χ1n) is 7.59. The van der Waals surface area contributed by atoms with Gasteiger partial charge in [0.05, 0.1) is 6.42 Å². The smallest absolute Gasteiger partial charge is 0.226 e. The summed E-state index contributed by atoms with van der Waals surface area (Å²) in [5.74, 6) is 1.60. The quantitative estimate of drug-likeness (QED) is 0.886. The average Bonchev–Trinajstić information content (AvgIpc) is 2.81. The van der Waals surface area contributed by atoms with E-state index in [4.69, 9.17) is 4.52 Å². The number of rotatable bonds is 6. The first-order valence-corrected chi connectivity index (χ1v) is 7.59. The largest absolute Gasteiger partial charge is 0.356 e. The van der Waals surface area contributed by atoms with Gasteiger partial charge in [-0.3, -0.25) is 4.79 Å². The predicted molar refractivity (Wildman–Crippen MR) is 83.9 cm³/mol. The van der Waals surface area contributed by atoms with Crippen LogP contribution in [0.5, 0.6) is 0 Å². The van der Waals surface area contributed by atoms with Crippen molar-refractivity contribution in [3.8, 4) is 0 Å². The molecule has 1 heterocycles. The molecule has 1 aromatic carbocycles. The molecule has 0 saturated heterocycles. The summed E-state index contributed by atoms with van der Waals surface area (Å²) in [6.45, 7) is 9.50. The third-order valence-corrected chi connectivity index (χ3v) is 4.03. The zero-order valence-electron chi connectivity index (χ0n) is 13.2. The lowest BCUT2D eigenvalue weighted by atomic mass is 9.85. The molecule has 0 aliphatic heterocycles. The zero-order chi connectivity index (χ0) is 15.4. The van der Waals surface area contributed by atoms with Crippen LogP contribution in [0.3, 0.4) is 0 Å². The second kappa shape index (κ2) is 6.74. The Morgan fingerprint density at radius 1 is 1.19 bits per heavy atom. The minimum Gasteiger partial charge on any atom is -0.356 e. The fraction of sp³-hybridized carbons (Fsp3) is 0.529. The number of carbonyl (C=O) groups excluding carboxylic acids is 1. The first kappa shape index (κ1) is 15.5. The van der Waals surface area contributed by atoms with Gasteiger partial charge in [0, 0.05) is 11.9 Å². The van der Waals surface area contributed by atoms with Crippen molar-refractivity contribution in [3.63, 3.8) is 0 Å². The van der Waals surface area contributed by atoms with Gasteiger partial charge < -0.3 is 9.84 Å². The van der Waals surface area contributed by atoms with E-state index < -0.39 is 0 Å². The molecule has 0 atom stereocenters. The third-order valence-electron chi connectivity index (χ3n) is 4.03. The van der Waals surface area contributed by atoms with Crippen LogP contribution in [0.25, 0.3) is 11.0 Å². The number of fused-ring (bicyclic) bond motifs is 1. The van der Waals surface area contributed by atoms with Gasteiger partial charge in [0.25, 0.3) is 0 Å². The molecule has 21 heavy (non-hydrogen) atoms. The molecule has 2 rings (SSSR count). The van der Waals surface area contributed by atoms with Gasteiger partial charge in [-0.15, -0.1) is 0 Å². The molecule has 1 amide bonds. The highest BCUT2D eigenvalue weighted by atomic mass is 16.5. The molecular weight excluding hydrogens is 264 g/mol. The number of para-hydroxylation sites is 1. The number of nitrogens with zero attached hydrogens (tertiary/aromatic N) is 1. The molecule has 1 N–H and O–H groups in total. The van der Waals surface area contributed by atoms with Crippen molar-refractivity contribution in [2.45, 2.75) is 34.1 Å². The molecular formula is C17H24N2O2. The number of hydrogen-bond donors (Lipinski definition) is 1. The molecule has 0 fully saturated rings. The first-order chi connectivity index (χ1) is 9.99. The number of amides is 1. The van der Waals surface area contributed by atoms with E-state index in [1.165, 1.54) is 0 Å². The summed E-state index contributed by atoms with van der Waals surface area (Å²) in [5, 5.41) is 7.94. The Hall–Kier alpha value is -1.84. The van der Waals surface area contributed by atoms with Crippen molar-refractivity contribution in [2.24, 2.45) is 17.8 Å². The topological polar surface area (TPSA) is 55.1 Å². The molecule has 0 spiro atoms. The second-order valence-electron chi connectivity index (χ2n) is 6.26. The highest BCUT2D eigenvalue weighted by Gasteiger charge is 2.19. The van der Waals surface area contributed by atoms with Crippen molar-refractivity contribution < 1.29 is 9.32 Å². The number of hydrogen-bond acceptors (Lipinski definition) is 3. The Morgan fingerprint density at radius 3 is 2.52 bits per heavy atom. The van der Waals surface area contributed by atoms with Gasteiger partial charge in [-0.1, -0.05) is 45.0 Å². The summed E-state index contributed by atoms with van der Waals surface area (Å²) >= 11 is 0. The molecule has 0 unspecified atom stereocenters. The Kier molecular flexibility index (Phi) is 4.99. The molecule has 2 aromatic rings. The van der Waals surface area contributed by atoms with Crippen LogP contribution in [0, 0.1) is 17.8 Å². The lowest BCUT2D eigenvalue weighted by Gasteiger charge is -2.24. The minimum atomic E-state index is 0.000327. The molecule has 0 radical (unpaired) electrons. The summed E-state index contributed by atoms with van der Waals surface area (Å²) in [6.07, 6.45) is 0.264. The van der Waals surface area contributed by atoms with Gasteiger partial charge in [-0.25, -0.2) is 0 Å². The molecule has 1 aromatic heterocycles. The Bertz CT molecular complexity index is 594. The van der Waals surface area contributed by atoms with E-state index in [0.717, 1.165) is 11.0 Å². The summed E-state index contributed by atoms with van der Waals surface area (Å²) in [7, 11) is 0. The molecule has 0 bridgehead atoms. The minimum absolute atomic E-state index is 0.000327. The van der Waals surface area contributed by atoms with Crippen LogP contribution in [0.15, 0.2) is 28.8 Å². The zero-order valence-corrected chi connectivity index (χ0v) is 13.2. The van der Waals surface area contributed by atoms with Crippen LogP contribution in [0.1, 0.15) is 33.4 Å². The maximum atomic E-state index is 12.1. The van der Waals surface area contributed by atoms with E-state index in [-0.39, 0.29) is 12.3 Å². The Balaban J connectivity index is 1.96. The van der Waals surface area contributed by atoms with E-state index in [1.807, 2.05) is 24.3 Å². The van der Waals surface area contributed by atoms with Gasteiger partial charge in [0.1, 0.15) is 5.69 Å². The normalized spacial score (nSPS) is 11.8. The number of nitrogens with one attached hydrogen (secondary N) is 1. The van der Waals surface area contributed by atoms with Crippen molar-refractivity contribution in [1.29, 1.82) is 0 Å². The van der Waals surface area contributed by atoms with E-state index in [9.17, 15) is 4.79 Å². The fourth-order valence-electron chi connectivity index (χ4n) is 2.75. The van der Waals surface area contributed by atoms with E-state index in [2.05, 4.69) is 38.2 Å². The summed E-state index contributed by atoms with van der Waals surface area (Å²) in [5.41, 5.74) is 1.43. The SMILES string of the molecule is CC(C)C(CNC(=O)Cc1noc2ccccc12)C(C)C. The lowest BCUT2D eigenvalue weighted by molar-refractivity contribution is -0.120. The maximum Gasteiger partial charge on any atom is 0.226 e. The van der Waals surface area contributed by atoms with Crippen molar-refractivity contribution in [2.75, 3.05) is 6.54 Å². The Morgan fingerprint density at radius 2 is 1.86 bits per heavy atom. The second-order valence-corrected chi connectivity index (χ2v) is 6.26. The number of benzene rings is 1. The van der Waals surface area contributed by atoms with Crippen LogP contribution in [0.4, 0.5) is 0 Å². The van der Waals surface area contributed by atoms with Crippen molar-refractivity contribution >= 4 is 16.9 Å². The van der Waals surface area contributed by atoms with Gasteiger partial charge in [0.2, 0.25) is 5.91 Å². The number of aromatic nitrogens is 1. The number of carbonyl (C=O) groups is 1. The predicted octanol–water partition coefficient (Wildman–Crippen LogP) is 3.41. The van der Waals surface area contributed by atoms with E-state index in [1.54, 1.807) is 0 Å². The van der Waals surface area contributed by atoms with Crippen molar-refractivity contribution in [1.82, 2.24) is 10.5 Å². The van der Waals surface area contributed by atoms with E-state index in [0.29, 0.717) is 30.0 Å². The van der Waals surface area contributed by atoms with Crippen molar-refractivity contribution in [3.05, 3.63) is 30.0 Å². The summed E-state index contributed by atoms with van der Waals surface area (Å²) < 4.78 is 5.22. The molecule has 114 valence electrons. The highest BCUT2D eigenvalue weighted by molar-refractivity contribution is 5.86. The standard InChI is InChI=1S/C17H24N2O2/c1-11(2)14(12(3)4)10-18-17(20)9-15-13-7-5-6-8-16(13)21-19-15/h5-8,11-12,14H,9-10H2,1-4H3,(H,18,20). The monoisotopic (exact) mass is 288 g/mol. The van der Waals surface area contributed by atoms with Gasteiger partial charge >= 0.3 is 0 Å². The lowest BCUT2D eigenvalue weighted by Crippen LogP contribution is -2.34. The maximum absolute atomic E-state index is 12.1. The Labute approximate surface area is 125 Å². The van der Waals surface area contributed by atoms with Crippen LogP contribution in [0.2, 0.25) is 0 Å². The highest BCUT2D eigenvalue weighted by Crippen LogP contribution is 2.20. The van der Waals surface area contributed by atoms with Gasteiger partial charge in [0.15, 0.2) is 5.58 Å². The molecule has 0 aliphatic carbocycles. The molecule has 4 nitrogen and oxygen atoms in total. The summed E-state index contributed by atoms with van der Waals surface area (Å²) in [6, 6.07) is 7.61. The van der Waals surface area contributed by atoms with Crippen LogP contribution < -0.4 is 5.32 Å². The molecule has 4 heteroatoms. The fourth-order valence-corrected chi connectivity index (χ4v) is 2.75. The van der Waals surface area contributed by atoms with Crippen LogP contribution >= 0.6 is 0 Å². The summed E-state index contributed by atoms with van der Waals surface area (Å²) in [4.78, 5) is 12.1. The van der Waals surface area contributed by atoms with Crippen LogP contribution in [-0.4, -0.2) is 17.6 Å². The molecule has 0 aliphatic rings. The average molecular weight is 288 g/mol.